The SMILES string of the molecule is CC.CC(=O)N1CCCC(O)C1. The van der Waals surface area contributed by atoms with Crippen molar-refractivity contribution in [3.05, 3.63) is 0 Å². The fourth-order valence-corrected chi connectivity index (χ4v) is 1.24. The van der Waals surface area contributed by atoms with E-state index in [0.717, 1.165) is 19.4 Å². The lowest BCUT2D eigenvalue weighted by molar-refractivity contribution is -0.131. The van der Waals surface area contributed by atoms with Crippen LogP contribution in [0, 0.1) is 0 Å². The van der Waals surface area contributed by atoms with Crippen molar-refractivity contribution in [3.63, 3.8) is 0 Å². The van der Waals surface area contributed by atoms with Crippen LogP contribution in [0.25, 0.3) is 0 Å². The van der Waals surface area contributed by atoms with Gasteiger partial charge in [0.1, 0.15) is 0 Å². The van der Waals surface area contributed by atoms with Crippen molar-refractivity contribution in [3.8, 4) is 0 Å². The highest BCUT2D eigenvalue weighted by molar-refractivity contribution is 5.73. The van der Waals surface area contributed by atoms with Crippen LogP contribution < -0.4 is 0 Å². The molecule has 0 spiro atoms. The third kappa shape index (κ3) is 3.72. The monoisotopic (exact) mass is 173 g/mol. The van der Waals surface area contributed by atoms with Crippen LogP contribution in [0.15, 0.2) is 0 Å². The Kier molecular flexibility index (Phi) is 5.72. The Morgan fingerprint density at radius 1 is 1.50 bits per heavy atom. The quantitative estimate of drug-likeness (QED) is 0.594. The summed E-state index contributed by atoms with van der Waals surface area (Å²) in [7, 11) is 0. The molecule has 0 aromatic rings. The Bertz CT molecular complexity index is 136. The molecule has 1 N–H and O–H groups in total. The van der Waals surface area contributed by atoms with Crippen molar-refractivity contribution in [1.82, 2.24) is 4.90 Å². The zero-order chi connectivity index (χ0) is 9.56. The van der Waals surface area contributed by atoms with Gasteiger partial charge in [0, 0.05) is 20.0 Å². The molecule has 1 aliphatic heterocycles. The summed E-state index contributed by atoms with van der Waals surface area (Å²) in [5.74, 6) is 0.0683. The lowest BCUT2D eigenvalue weighted by Crippen LogP contribution is -2.40. The number of hydrogen-bond acceptors (Lipinski definition) is 2. The molecule has 1 amide bonds. The molecule has 0 saturated carbocycles. The Balaban J connectivity index is 0.000000561. The third-order valence-corrected chi connectivity index (χ3v) is 1.84. The van der Waals surface area contributed by atoms with Crippen molar-refractivity contribution in [2.24, 2.45) is 0 Å². The summed E-state index contributed by atoms with van der Waals surface area (Å²) in [4.78, 5) is 12.4. The van der Waals surface area contributed by atoms with Gasteiger partial charge in [0.05, 0.1) is 6.10 Å². The molecule has 1 saturated heterocycles. The van der Waals surface area contributed by atoms with Crippen LogP contribution in [0.5, 0.6) is 0 Å². The molecule has 0 aliphatic carbocycles. The zero-order valence-electron chi connectivity index (χ0n) is 8.21. The predicted octanol–water partition coefficient (Wildman–Crippen LogP) is 1.02. The van der Waals surface area contributed by atoms with E-state index in [0.29, 0.717) is 6.54 Å². The van der Waals surface area contributed by atoms with E-state index in [2.05, 4.69) is 0 Å². The number of amides is 1. The Morgan fingerprint density at radius 2 is 2.08 bits per heavy atom. The predicted molar refractivity (Wildman–Crippen MR) is 48.8 cm³/mol. The molecule has 1 rings (SSSR count). The maximum absolute atomic E-state index is 10.8. The molecule has 12 heavy (non-hydrogen) atoms. The van der Waals surface area contributed by atoms with Gasteiger partial charge in [-0.05, 0) is 12.8 Å². The molecule has 72 valence electrons. The number of nitrogens with zero attached hydrogens (tertiary/aromatic N) is 1. The summed E-state index contributed by atoms with van der Waals surface area (Å²) >= 11 is 0. The number of aliphatic hydroxyl groups is 1. The maximum atomic E-state index is 10.8. The van der Waals surface area contributed by atoms with Gasteiger partial charge in [-0.3, -0.25) is 4.79 Å². The molecule has 1 fully saturated rings. The van der Waals surface area contributed by atoms with Crippen LogP contribution in [-0.2, 0) is 4.79 Å². The van der Waals surface area contributed by atoms with Gasteiger partial charge in [-0.15, -0.1) is 0 Å². The van der Waals surface area contributed by atoms with Gasteiger partial charge in [-0.25, -0.2) is 0 Å². The van der Waals surface area contributed by atoms with E-state index < -0.39 is 0 Å². The van der Waals surface area contributed by atoms with E-state index in [1.165, 1.54) is 6.92 Å². The van der Waals surface area contributed by atoms with E-state index in [9.17, 15) is 4.79 Å². The normalized spacial score (nSPS) is 22.7. The number of carbonyl (C=O) groups is 1. The van der Waals surface area contributed by atoms with Crippen molar-refractivity contribution >= 4 is 5.91 Å². The number of carbonyl (C=O) groups excluding carboxylic acids is 1. The first-order chi connectivity index (χ1) is 5.70. The number of rotatable bonds is 0. The standard InChI is InChI=1S/C7H13NO2.C2H6/c1-6(9)8-4-2-3-7(10)5-8;1-2/h7,10H,2-5H2,1H3;1-2H3. The molecule has 3 nitrogen and oxygen atoms in total. The van der Waals surface area contributed by atoms with Gasteiger partial charge in [-0.2, -0.15) is 0 Å². The van der Waals surface area contributed by atoms with Crippen LogP contribution in [0.3, 0.4) is 0 Å². The first-order valence-electron chi connectivity index (χ1n) is 4.63. The number of likely N-dealkylation sites (tertiary alicyclic amines) is 1. The van der Waals surface area contributed by atoms with Gasteiger partial charge in [0.2, 0.25) is 5.91 Å². The van der Waals surface area contributed by atoms with Crippen molar-refractivity contribution in [2.45, 2.75) is 39.7 Å². The smallest absolute Gasteiger partial charge is 0.219 e. The number of hydrogen-bond donors (Lipinski definition) is 1. The van der Waals surface area contributed by atoms with Gasteiger partial charge >= 0.3 is 0 Å². The second kappa shape index (κ2) is 6.00. The molecule has 0 aromatic heterocycles. The van der Waals surface area contributed by atoms with Crippen molar-refractivity contribution in [2.75, 3.05) is 13.1 Å². The van der Waals surface area contributed by atoms with Crippen LogP contribution in [0.4, 0.5) is 0 Å². The number of piperidine rings is 1. The second-order valence-electron chi connectivity index (χ2n) is 2.76. The van der Waals surface area contributed by atoms with E-state index in [-0.39, 0.29) is 12.0 Å². The Hall–Kier alpha value is -0.570. The van der Waals surface area contributed by atoms with Gasteiger partial charge in [0.25, 0.3) is 0 Å². The largest absolute Gasteiger partial charge is 0.391 e. The minimum absolute atomic E-state index is 0.0683. The van der Waals surface area contributed by atoms with Crippen LogP contribution in [-0.4, -0.2) is 35.1 Å². The first kappa shape index (κ1) is 11.4. The highest BCUT2D eigenvalue weighted by Gasteiger charge is 2.18. The summed E-state index contributed by atoms with van der Waals surface area (Å²) in [5.41, 5.74) is 0. The minimum atomic E-state index is -0.294. The highest BCUT2D eigenvalue weighted by Crippen LogP contribution is 2.08. The molecule has 1 unspecified atom stereocenters. The molecule has 0 radical (unpaired) electrons. The lowest BCUT2D eigenvalue weighted by atomic mass is 10.1. The van der Waals surface area contributed by atoms with Crippen LogP contribution in [0.1, 0.15) is 33.6 Å². The third-order valence-electron chi connectivity index (χ3n) is 1.84. The van der Waals surface area contributed by atoms with Crippen LogP contribution >= 0.6 is 0 Å². The van der Waals surface area contributed by atoms with Crippen molar-refractivity contribution < 1.29 is 9.90 Å². The summed E-state index contributed by atoms with van der Waals surface area (Å²) in [5, 5.41) is 9.13. The summed E-state index contributed by atoms with van der Waals surface area (Å²) in [6.07, 6.45) is 1.47. The highest BCUT2D eigenvalue weighted by atomic mass is 16.3. The summed E-state index contributed by atoms with van der Waals surface area (Å²) in [6, 6.07) is 0. The average molecular weight is 173 g/mol. The van der Waals surface area contributed by atoms with E-state index in [1.807, 2.05) is 13.8 Å². The van der Waals surface area contributed by atoms with Crippen LogP contribution in [0.2, 0.25) is 0 Å². The first-order valence-corrected chi connectivity index (χ1v) is 4.63. The van der Waals surface area contributed by atoms with E-state index in [1.54, 1.807) is 4.90 Å². The molecule has 1 aliphatic rings. The summed E-state index contributed by atoms with van der Waals surface area (Å²) in [6.45, 7) is 6.87. The minimum Gasteiger partial charge on any atom is -0.391 e. The molecular weight excluding hydrogens is 154 g/mol. The summed E-state index contributed by atoms with van der Waals surface area (Å²) < 4.78 is 0. The molecule has 1 atom stereocenters. The van der Waals surface area contributed by atoms with E-state index >= 15 is 0 Å². The van der Waals surface area contributed by atoms with E-state index in [4.69, 9.17) is 5.11 Å². The van der Waals surface area contributed by atoms with Gasteiger partial charge < -0.3 is 10.0 Å². The lowest BCUT2D eigenvalue weighted by Gasteiger charge is -2.28. The second-order valence-corrected chi connectivity index (χ2v) is 2.76. The van der Waals surface area contributed by atoms with Gasteiger partial charge in [0.15, 0.2) is 0 Å². The fourth-order valence-electron chi connectivity index (χ4n) is 1.24. The maximum Gasteiger partial charge on any atom is 0.219 e. The zero-order valence-corrected chi connectivity index (χ0v) is 8.21. The number of β-amino-alcohol motifs (C(OH)–C–C–N with tert-alkyl or cyclic N) is 1. The number of aliphatic hydroxyl groups excluding tert-OH is 1. The molecule has 0 bridgehead atoms. The van der Waals surface area contributed by atoms with Gasteiger partial charge in [-0.1, -0.05) is 13.8 Å². The molecule has 0 aromatic carbocycles. The fraction of sp³-hybridized carbons (Fsp3) is 0.889. The average Bonchev–Trinajstić information content (AvgIpc) is 2.08. The Morgan fingerprint density at radius 3 is 2.42 bits per heavy atom. The molecular formula is C9H19NO2. The molecule has 1 heterocycles. The van der Waals surface area contributed by atoms with Crippen molar-refractivity contribution in [1.29, 1.82) is 0 Å². The topological polar surface area (TPSA) is 40.5 Å². The Labute approximate surface area is 74.4 Å². The molecule has 3 heteroatoms.